The summed E-state index contributed by atoms with van der Waals surface area (Å²) in [6, 6.07) is 6.01. The van der Waals surface area contributed by atoms with E-state index in [-0.39, 0.29) is 12.7 Å². The van der Waals surface area contributed by atoms with E-state index in [1.807, 2.05) is 24.3 Å². The SMILES string of the molecule is O=C(C=Cc1ccc2c(c1)OCO2)NC1CCCCCCC1. The van der Waals surface area contributed by atoms with E-state index in [9.17, 15) is 4.79 Å². The third kappa shape index (κ3) is 4.03. The number of rotatable bonds is 3. The maximum atomic E-state index is 12.1. The highest BCUT2D eigenvalue weighted by molar-refractivity contribution is 5.92. The van der Waals surface area contributed by atoms with Crippen molar-refractivity contribution in [2.45, 2.75) is 51.0 Å². The molecular formula is C18H23NO3. The fourth-order valence-corrected chi connectivity index (χ4v) is 3.04. The van der Waals surface area contributed by atoms with Crippen molar-refractivity contribution in [2.24, 2.45) is 0 Å². The molecule has 1 aliphatic carbocycles. The van der Waals surface area contributed by atoms with Gasteiger partial charge >= 0.3 is 0 Å². The van der Waals surface area contributed by atoms with Crippen LogP contribution in [0, 0.1) is 0 Å². The summed E-state index contributed by atoms with van der Waals surface area (Å²) in [7, 11) is 0. The fraction of sp³-hybridized carbons (Fsp3) is 0.500. The standard InChI is InChI=1S/C18H23NO3/c20-18(19-15-6-4-2-1-3-5-7-15)11-9-14-8-10-16-17(12-14)22-13-21-16/h8-12,15H,1-7,13H2,(H,19,20). The van der Waals surface area contributed by atoms with Gasteiger partial charge in [-0.3, -0.25) is 4.79 Å². The van der Waals surface area contributed by atoms with Crippen LogP contribution in [0.25, 0.3) is 6.08 Å². The first-order valence-corrected chi connectivity index (χ1v) is 8.19. The van der Waals surface area contributed by atoms with Crippen LogP contribution in [0.15, 0.2) is 24.3 Å². The monoisotopic (exact) mass is 301 g/mol. The predicted molar refractivity (Wildman–Crippen MR) is 85.8 cm³/mol. The lowest BCUT2D eigenvalue weighted by molar-refractivity contribution is -0.117. The lowest BCUT2D eigenvalue weighted by Gasteiger charge is -2.20. The minimum atomic E-state index is -0.0109. The summed E-state index contributed by atoms with van der Waals surface area (Å²) in [6.07, 6.45) is 12.0. The molecule has 1 aromatic carbocycles. The topological polar surface area (TPSA) is 47.6 Å². The lowest BCUT2D eigenvalue weighted by atomic mass is 9.97. The molecule has 0 saturated heterocycles. The summed E-state index contributed by atoms with van der Waals surface area (Å²) < 4.78 is 10.6. The highest BCUT2D eigenvalue weighted by Crippen LogP contribution is 2.32. The van der Waals surface area contributed by atoms with Crippen molar-refractivity contribution in [3.8, 4) is 11.5 Å². The van der Waals surface area contributed by atoms with Crippen molar-refractivity contribution < 1.29 is 14.3 Å². The Morgan fingerprint density at radius 2 is 1.77 bits per heavy atom. The van der Waals surface area contributed by atoms with Crippen molar-refractivity contribution in [1.29, 1.82) is 0 Å². The Morgan fingerprint density at radius 3 is 2.59 bits per heavy atom. The van der Waals surface area contributed by atoms with Gasteiger partial charge in [0.25, 0.3) is 0 Å². The summed E-state index contributed by atoms with van der Waals surface area (Å²) in [4.78, 5) is 12.1. The van der Waals surface area contributed by atoms with E-state index in [2.05, 4.69) is 5.32 Å². The summed E-state index contributed by atoms with van der Waals surface area (Å²) in [5.74, 6) is 1.49. The van der Waals surface area contributed by atoms with Crippen LogP contribution in [-0.4, -0.2) is 18.7 Å². The van der Waals surface area contributed by atoms with E-state index < -0.39 is 0 Å². The van der Waals surface area contributed by atoms with Gasteiger partial charge in [-0.05, 0) is 36.6 Å². The molecule has 1 saturated carbocycles. The molecule has 1 heterocycles. The van der Waals surface area contributed by atoms with Crippen LogP contribution in [-0.2, 0) is 4.79 Å². The minimum absolute atomic E-state index is 0.0109. The summed E-state index contributed by atoms with van der Waals surface area (Å²) in [6.45, 7) is 0.269. The number of benzene rings is 1. The highest BCUT2D eigenvalue weighted by atomic mass is 16.7. The van der Waals surface area contributed by atoms with Crippen molar-refractivity contribution in [3.05, 3.63) is 29.8 Å². The van der Waals surface area contributed by atoms with Gasteiger partial charge in [-0.15, -0.1) is 0 Å². The first kappa shape index (κ1) is 14.9. The van der Waals surface area contributed by atoms with E-state index >= 15 is 0 Å². The maximum absolute atomic E-state index is 12.1. The van der Waals surface area contributed by atoms with Crippen LogP contribution >= 0.6 is 0 Å². The molecule has 0 atom stereocenters. The normalized spacial score (nSPS) is 18.9. The summed E-state index contributed by atoms with van der Waals surface area (Å²) >= 11 is 0. The van der Waals surface area contributed by atoms with Crippen LogP contribution in [0.5, 0.6) is 11.5 Å². The quantitative estimate of drug-likeness (QED) is 0.867. The number of hydrogen-bond acceptors (Lipinski definition) is 3. The van der Waals surface area contributed by atoms with E-state index in [0.717, 1.165) is 29.9 Å². The van der Waals surface area contributed by atoms with Crippen LogP contribution in [0.3, 0.4) is 0 Å². The molecular weight excluding hydrogens is 278 g/mol. The number of carbonyl (C=O) groups is 1. The van der Waals surface area contributed by atoms with Crippen LogP contribution in [0.2, 0.25) is 0 Å². The van der Waals surface area contributed by atoms with Crippen LogP contribution in [0.4, 0.5) is 0 Å². The minimum Gasteiger partial charge on any atom is -0.454 e. The highest BCUT2D eigenvalue weighted by Gasteiger charge is 2.14. The Balaban J connectivity index is 1.54. The lowest BCUT2D eigenvalue weighted by Crippen LogP contribution is -2.34. The molecule has 0 radical (unpaired) electrons. The third-order valence-electron chi connectivity index (χ3n) is 4.28. The van der Waals surface area contributed by atoms with Gasteiger partial charge in [-0.2, -0.15) is 0 Å². The van der Waals surface area contributed by atoms with Crippen molar-refractivity contribution in [2.75, 3.05) is 6.79 Å². The maximum Gasteiger partial charge on any atom is 0.244 e. The number of nitrogens with one attached hydrogen (secondary N) is 1. The van der Waals surface area contributed by atoms with Gasteiger partial charge in [0.1, 0.15) is 0 Å². The zero-order valence-electron chi connectivity index (χ0n) is 12.8. The molecule has 4 nitrogen and oxygen atoms in total. The molecule has 1 fully saturated rings. The molecule has 0 spiro atoms. The Morgan fingerprint density at radius 1 is 1.05 bits per heavy atom. The third-order valence-corrected chi connectivity index (χ3v) is 4.28. The first-order valence-electron chi connectivity index (χ1n) is 8.19. The van der Waals surface area contributed by atoms with Gasteiger partial charge in [-0.25, -0.2) is 0 Å². The second kappa shape index (κ2) is 7.34. The molecule has 4 heteroatoms. The predicted octanol–water partition coefficient (Wildman–Crippen LogP) is 3.66. The van der Waals surface area contributed by atoms with Crippen LogP contribution < -0.4 is 14.8 Å². The average molecular weight is 301 g/mol. The number of amides is 1. The average Bonchev–Trinajstić information content (AvgIpc) is 2.95. The Bertz CT molecular complexity index is 545. The number of hydrogen-bond donors (Lipinski definition) is 1. The van der Waals surface area contributed by atoms with Gasteiger partial charge in [0.05, 0.1) is 0 Å². The number of carbonyl (C=O) groups excluding carboxylic acids is 1. The molecule has 118 valence electrons. The Hall–Kier alpha value is -1.97. The molecule has 0 bridgehead atoms. The van der Waals surface area contributed by atoms with E-state index in [0.29, 0.717) is 6.04 Å². The van der Waals surface area contributed by atoms with Gasteiger partial charge < -0.3 is 14.8 Å². The second-order valence-corrected chi connectivity index (χ2v) is 6.00. The van der Waals surface area contributed by atoms with Crippen molar-refractivity contribution in [1.82, 2.24) is 5.32 Å². The second-order valence-electron chi connectivity index (χ2n) is 6.00. The number of ether oxygens (including phenoxy) is 2. The molecule has 2 aliphatic rings. The van der Waals surface area contributed by atoms with Gasteiger partial charge in [0, 0.05) is 12.1 Å². The Labute approximate surface area is 131 Å². The van der Waals surface area contributed by atoms with Gasteiger partial charge in [0.2, 0.25) is 12.7 Å². The van der Waals surface area contributed by atoms with Gasteiger partial charge in [-0.1, -0.05) is 38.2 Å². The number of fused-ring (bicyclic) bond motifs is 1. The smallest absolute Gasteiger partial charge is 0.244 e. The van der Waals surface area contributed by atoms with Crippen molar-refractivity contribution >= 4 is 12.0 Å². The van der Waals surface area contributed by atoms with E-state index in [1.54, 1.807) is 6.08 Å². The summed E-state index contributed by atoms with van der Waals surface area (Å²) in [5.41, 5.74) is 0.942. The largest absolute Gasteiger partial charge is 0.454 e. The molecule has 0 aromatic heterocycles. The zero-order valence-corrected chi connectivity index (χ0v) is 12.8. The molecule has 1 aliphatic heterocycles. The first-order chi connectivity index (χ1) is 10.8. The molecule has 22 heavy (non-hydrogen) atoms. The van der Waals surface area contributed by atoms with Crippen LogP contribution in [0.1, 0.15) is 50.5 Å². The van der Waals surface area contributed by atoms with E-state index in [4.69, 9.17) is 9.47 Å². The zero-order chi connectivity index (χ0) is 15.2. The van der Waals surface area contributed by atoms with Gasteiger partial charge in [0.15, 0.2) is 11.5 Å². The fourth-order valence-electron chi connectivity index (χ4n) is 3.04. The summed E-state index contributed by atoms with van der Waals surface area (Å²) in [5, 5.41) is 3.13. The molecule has 1 aromatic rings. The van der Waals surface area contributed by atoms with Crippen molar-refractivity contribution in [3.63, 3.8) is 0 Å². The molecule has 3 rings (SSSR count). The molecule has 0 unspecified atom stereocenters. The van der Waals surface area contributed by atoms with E-state index in [1.165, 1.54) is 32.1 Å². The molecule has 1 amide bonds. The Kier molecular flexibility index (Phi) is 4.99. The molecule has 1 N–H and O–H groups in total.